The van der Waals surface area contributed by atoms with E-state index in [-0.39, 0.29) is 5.56 Å². The predicted molar refractivity (Wildman–Crippen MR) is 113 cm³/mol. The van der Waals surface area contributed by atoms with Crippen molar-refractivity contribution in [1.29, 1.82) is 0 Å². The monoisotopic (exact) mass is 393 g/mol. The van der Waals surface area contributed by atoms with Crippen molar-refractivity contribution in [2.24, 2.45) is 5.92 Å². The molecule has 1 aliphatic carbocycles. The molecule has 0 bridgehead atoms. The molecule has 1 aromatic carbocycles. The number of thioether (sulfide) groups is 1. The van der Waals surface area contributed by atoms with E-state index in [1.54, 1.807) is 23.1 Å². The minimum Gasteiger partial charge on any atom is -0.309 e. The summed E-state index contributed by atoms with van der Waals surface area (Å²) in [6, 6.07) is 12.2. The highest BCUT2D eigenvalue weighted by Gasteiger charge is 2.23. The standard InChI is InChI=1S/C21H19N3OS2/c1-12-6-8-14-16(10-12)27-21-19(14)20(25)23-17(24-21)11-26-18-9-7-13-4-2-3-5-15(13)22-18/h2-5,7,9,12H,6,8,10-11H2,1H3,(H,23,24,25)/t12-/m1/s1. The first-order chi connectivity index (χ1) is 13.2. The van der Waals surface area contributed by atoms with Crippen LogP contribution in [-0.4, -0.2) is 15.0 Å². The average molecular weight is 394 g/mol. The summed E-state index contributed by atoms with van der Waals surface area (Å²) in [6.45, 7) is 2.28. The summed E-state index contributed by atoms with van der Waals surface area (Å²) in [5, 5.41) is 2.89. The van der Waals surface area contributed by atoms with E-state index in [9.17, 15) is 4.79 Å². The number of thiophene rings is 1. The summed E-state index contributed by atoms with van der Waals surface area (Å²) in [6.07, 6.45) is 3.22. The van der Waals surface area contributed by atoms with Crippen molar-refractivity contribution < 1.29 is 0 Å². The number of nitrogens with zero attached hydrogens (tertiary/aromatic N) is 2. The van der Waals surface area contributed by atoms with E-state index in [2.05, 4.69) is 29.0 Å². The van der Waals surface area contributed by atoms with Gasteiger partial charge in [0.2, 0.25) is 0 Å². The number of nitrogens with one attached hydrogen (secondary N) is 1. The first kappa shape index (κ1) is 17.0. The molecule has 0 radical (unpaired) electrons. The molecule has 136 valence electrons. The van der Waals surface area contributed by atoms with Crippen LogP contribution in [-0.2, 0) is 18.6 Å². The molecule has 1 N–H and O–H groups in total. The number of para-hydroxylation sites is 1. The van der Waals surface area contributed by atoms with Crippen LogP contribution in [0.15, 0.2) is 46.2 Å². The van der Waals surface area contributed by atoms with E-state index in [0.717, 1.165) is 51.2 Å². The van der Waals surface area contributed by atoms with E-state index >= 15 is 0 Å². The van der Waals surface area contributed by atoms with Crippen LogP contribution in [0.25, 0.3) is 21.1 Å². The fraction of sp³-hybridized carbons (Fsp3) is 0.286. The summed E-state index contributed by atoms with van der Waals surface area (Å²) < 4.78 is 0. The van der Waals surface area contributed by atoms with Gasteiger partial charge in [-0.3, -0.25) is 4.79 Å². The van der Waals surface area contributed by atoms with Crippen molar-refractivity contribution in [3.8, 4) is 0 Å². The third kappa shape index (κ3) is 3.17. The van der Waals surface area contributed by atoms with Gasteiger partial charge >= 0.3 is 0 Å². The van der Waals surface area contributed by atoms with Crippen LogP contribution in [0.3, 0.4) is 0 Å². The van der Waals surface area contributed by atoms with Crippen LogP contribution in [0.5, 0.6) is 0 Å². The lowest BCUT2D eigenvalue weighted by atomic mass is 9.89. The van der Waals surface area contributed by atoms with Crippen LogP contribution in [0.1, 0.15) is 29.6 Å². The normalized spacial score (nSPS) is 16.7. The summed E-state index contributed by atoms with van der Waals surface area (Å²) in [5.74, 6) is 2.02. The van der Waals surface area contributed by atoms with Gasteiger partial charge in [-0.05, 0) is 42.9 Å². The van der Waals surface area contributed by atoms with Crippen LogP contribution < -0.4 is 5.56 Å². The van der Waals surface area contributed by atoms with Gasteiger partial charge in [0, 0.05) is 10.3 Å². The number of aromatic nitrogens is 3. The number of benzene rings is 1. The third-order valence-electron chi connectivity index (χ3n) is 5.14. The number of H-pyrrole nitrogens is 1. The van der Waals surface area contributed by atoms with Crippen molar-refractivity contribution in [3.05, 3.63) is 63.0 Å². The Hall–Kier alpha value is -2.18. The first-order valence-corrected chi connectivity index (χ1v) is 11.0. The Morgan fingerprint density at radius 1 is 1.22 bits per heavy atom. The molecule has 6 heteroatoms. The summed E-state index contributed by atoms with van der Waals surface area (Å²) in [5.41, 5.74) is 2.23. The molecule has 0 fully saturated rings. The molecular weight excluding hydrogens is 374 g/mol. The van der Waals surface area contributed by atoms with Gasteiger partial charge in [0.05, 0.1) is 21.7 Å². The smallest absolute Gasteiger partial charge is 0.259 e. The van der Waals surface area contributed by atoms with E-state index in [0.29, 0.717) is 11.7 Å². The molecule has 0 saturated carbocycles. The molecular formula is C21H19N3OS2. The zero-order valence-corrected chi connectivity index (χ0v) is 16.6. The molecule has 5 rings (SSSR count). The Morgan fingerprint density at radius 3 is 3.04 bits per heavy atom. The van der Waals surface area contributed by atoms with Gasteiger partial charge in [-0.2, -0.15) is 0 Å². The van der Waals surface area contributed by atoms with Crippen LogP contribution in [0.2, 0.25) is 0 Å². The molecule has 0 spiro atoms. The molecule has 0 aliphatic heterocycles. The molecule has 3 aromatic heterocycles. The van der Waals surface area contributed by atoms with E-state index < -0.39 is 0 Å². The minimum atomic E-state index is 0.00845. The summed E-state index contributed by atoms with van der Waals surface area (Å²) in [7, 11) is 0. The second-order valence-corrected chi connectivity index (χ2v) is 9.25. The second-order valence-electron chi connectivity index (χ2n) is 7.18. The van der Waals surface area contributed by atoms with Crippen LogP contribution in [0, 0.1) is 5.92 Å². The fourth-order valence-corrected chi connectivity index (χ4v) is 5.88. The molecule has 27 heavy (non-hydrogen) atoms. The van der Waals surface area contributed by atoms with E-state index in [1.807, 2.05) is 24.3 Å². The fourth-order valence-electron chi connectivity index (χ4n) is 3.73. The Balaban J connectivity index is 1.44. The van der Waals surface area contributed by atoms with E-state index in [4.69, 9.17) is 4.98 Å². The quantitative estimate of drug-likeness (QED) is 0.500. The number of pyridine rings is 1. The minimum absolute atomic E-state index is 0.00845. The Kier molecular flexibility index (Phi) is 4.25. The Morgan fingerprint density at radius 2 is 2.11 bits per heavy atom. The number of rotatable bonds is 3. The largest absolute Gasteiger partial charge is 0.309 e. The van der Waals surface area contributed by atoms with Gasteiger partial charge in [0.25, 0.3) is 5.56 Å². The summed E-state index contributed by atoms with van der Waals surface area (Å²) >= 11 is 3.30. The number of hydrogen-bond donors (Lipinski definition) is 1. The SMILES string of the molecule is C[C@@H]1CCc2c(sc3nc(CSc4ccc5ccccc5n4)[nH]c(=O)c23)C1. The van der Waals surface area contributed by atoms with Gasteiger partial charge in [-0.1, -0.05) is 43.0 Å². The molecule has 3 heterocycles. The van der Waals surface area contributed by atoms with Gasteiger partial charge in [0.15, 0.2) is 0 Å². The highest BCUT2D eigenvalue weighted by Crippen LogP contribution is 2.35. The first-order valence-electron chi connectivity index (χ1n) is 9.19. The molecule has 1 aliphatic rings. The third-order valence-corrected chi connectivity index (χ3v) is 7.23. The maximum absolute atomic E-state index is 12.7. The van der Waals surface area contributed by atoms with Gasteiger partial charge in [-0.15, -0.1) is 11.3 Å². The molecule has 1 atom stereocenters. The lowest BCUT2D eigenvalue weighted by Crippen LogP contribution is -2.14. The topological polar surface area (TPSA) is 58.6 Å². The lowest BCUT2D eigenvalue weighted by molar-refractivity contribution is 0.509. The van der Waals surface area contributed by atoms with Gasteiger partial charge < -0.3 is 4.98 Å². The second kappa shape index (κ2) is 6.77. The van der Waals surface area contributed by atoms with Crippen LogP contribution in [0.4, 0.5) is 0 Å². The molecule has 0 amide bonds. The number of hydrogen-bond acceptors (Lipinski definition) is 5. The number of aromatic amines is 1. The van der Waals surface area contributed by atoms with Crippen molar-refractivity contribution in [3.63, 3.8) is 0 Å². The molecule has 0 unspecified atom stereocenters. The number of fused-ring (bicyclic) bond motifs is 4. The van der Waals surface area contributed by atoms with Crippen molar-refractivity contribution in [1.82, 2.24) is 15.0 Å². The molecule has 0 saturated heterocycles. The Bertz CT molecular complexity index is 1210. The van der Waals surface area contributed by atoms with Crippen molar-refractivity contribution in [2.75, 3.05) is 0 Å². The highest BCUT2D eigenvalue weighted by atomic mass is 32.2. The molecule has 4 nitrogen and oxygen atoms in total. The Labute approximate surface area is 165 Å². The highest BCUT2D eigenvalue weighted by molar-refractivity contribution is 7.98. The average Bonchev–Trinajstić information content (AvgIpc) is 3.04. The number of aryl methyl sites for hydroxylation is 1. The zero-order valence-electron chi connectivity index (χ0n) is 15.0. The lowest BCUT2D eigenvalue weighted by Gasteiger charge is -2.17. The van der Waals surface area contributed by atoms with Gasteiger partial charge in [-0.25, -0.2) is 9.97 Å². The predicted octanol–water partition coefficient (Wildman–Crippen LogP) is 4.95. The van der Waals surface area contributed by atoms with E-state index in [1.165, 1.54) is 10.4 Å². The maximum atomic E-state index is 12.7. The molecule has 4 aromatic rings. The zero-order chi connectivity index (χ0) is 18.4. The van der Waals surface area contributed by atoms with Crippen molar-refractivity contribution in [2.45, 2.75) is 37.0 Å². The van der Waals surface area contributed by atoms with Crippen molar-refractivity contribution >= 4 is 44.2 Å². The maximum Gasteiger partial charge on any atom is 0.259 e. The van der Waals surface area contributed by atoms with Crippen LogP contribution >= 0.6 is 23.1 Å². The van der Waals surface area contributed by atoms with Gasteiger partial charge in [0.1, 0.15) is 10.7 Å². The summed E-state index contributed by atoms with van der Waals surface area (Å²) in [4.78, 5) is 27.4.